The molecule has 1 aromatic heterocycles. The van der Waals surface area contributed by atoms with Crippen molar-refractivity contribution < 1.29 is 9.59 Å². The lowest BCUT2D eigenvalue weighted by Crippen LogP contribution is -2.38. The second kappa shape index (κ2) is 8.20. The topological polar surface area (TPSA) is 62.3 Å². The molecule has 1 saturated heterocycles. The van der Waals surface area contributed by atoms with Crippen LogP contribution in [0.15, 0.2) is 48.5 Å². The van der Waals surface area contributed by atoms with Crippen LogP contribution in [0.3, 0.4) is 0 Å². The lowest BCUT2D eigenvalue weighted by atomic mass is 9.97. The molecule has 1 amide bonds. The molecule has 5 nitrogen and oxygen atoms in total. The monoisotopic (exact) mass is 393 g/mol. The summed E-state index contributed by atoms with van der Waals surface area (Å²) in [5.41, 5.74) is 2.36. The standard InChI is InChI=1S/C22H23N3O2S/c1-15(26)17-5-4-6-18(13-17)23-21(27)14-25-11-9-16(10-12-25)22-24-19-7-2-3-8-20(19)28-22/h2-8,13,16H,9-12,14H2,1H3,(H,23,27). The summed E-state index contributed by atoms with van der Waals surface area (Å²) in [6.45, 7) is 3.68. The summed E-state index contributed by atoms with van der Waals surface area (Å²) in [5, 5.41) is 4.12. The summed E-state index contributed by atoms with van der Waals surface area (Å²) in [5.74, 6) is 0.427. The van der Waals surface area contributed by atoms with Crippen molar-refractivity contribution in [2.45, 2.75) is 25.7 Å². The molecule has 0 spiro atoms. The van der Waals surface area contributed by atoms with E-state index in [2.05, 4.69) is 28.4 Å². The first-order chi connectivity index (χ1) is 13.6. The predicted molar refractivity (Wildman–Crippen MR) is 113 cm³/mol. The number of thiazole rings is 1. The van der Waals surface area contributed by atoms with Gasteiger partial charge in [0.25, 0.3) is 0 Å². The van der Waals surface area contributed by atoms with Gasteiger partial charge >= 0.3 is 0 Å². The van der Waals surface area contributed by atoms with Crippen LogP contribution in [0.4, 0.5) is 5.69 Å². The Hall–Kier alpha value is -2.57. The molecule has 6 heteroatoms. The van der Waals surface area contributed by atoms with Crippen LogP contribution in [0.1, 0.15) is 41.0 Å². The smallest absolute Gasteiger partial charge is 0.238 e. The number of ketones is 1. The average molecular weight is 394 g/mol. The molecule has 2 heterocycles. The third-order valence-electron chi connectivity index (χ3n) is 5.17. The minimum atomic E-state index is -0.0425. The number of nitrogens with zero attached hydrogens (tertiary/aromatic N) is 2. The maximum atomic E-state index is 12.4. The number of carbonyl (C=O) groups is 2. The SMILES string of the molecule is CC(=O)c1cccc(NC(=O)CN2CCC(c3nc4ccccc4s3)CC2)c1. The minimum absolute atomic E-state index is 0.00646. The number of para-hydroxylation sites is 1. The van der Waals surface area contributed by atoms with Crippen molar-refractivity contribution in [2.24, 2.45) is 0 Å². The van der Waals surface area contributed by atoms with Gasteiger partial charge in [0, 0.05) is 17.2 Å². The van der Waals surface area contributed by atoms with Gasteiger partial charge in [-0.1, -0.05) is 24.3 Å². The number of amides is 1. The number of hydrogen-bond acceptors (Lipinski definition) is 5. The Morgan fingerprint density at radius 1 is 1.14 bits per heavy atom. The van der Waals surface area contributed by atoms with Crippen LogP contribution in [0.5, 0.6) is 0 Å². The van der Waals surface area contributed by atoms with Crippen LogP contribution in [-0.4, -0.2) is 41.2 Å². The Morgan fingerprint density at radius 3 is 2.68 bits per heavy atom. The number of fused-ring (bicyclic) bond motifs is 1. The van der Waals surface area contributed by atoms with Crippen molar-refractivity contribution in [1.82, 2.24) is 9.88 Å². The fourth-order valence-corrected chi connectivity index (χ4v) is 4.76. The van der Waals surface area contributed by atoms with Crippen molar-refractivity contribution >= 4 is 38.9 Å². The number of hydrogen-bond donors (Lipinski definition) is 1. The molecule has 1 aliphatic heterocycles. The van der Waals surface area contributed by atoms with Crippen LogP contribution in [0.25, 0.3) is 10.2 Å². The normalized spacial score (nSPS) is 15.6. The Labute approximate surface area is 168 Å². The number of piperidine rings is 1. The molecule has 3 aromatic rings. The average Bonchev–Trinajstić information content (AvgIpc) is 3.13. The highest BCUT2D eigenvalue weighted by atomic mass is 32.1. The Bertz CT molecular complexity index is 973. The zero-order chi connectivity index (χ0) is 19.5. The van der Waals surface area contributed by atoms with Gasteiger partial charge in [-0.15, -0.1) is 11.3 Å². The molecule has 28 heavy (non-hydrogen) atoms. The molecule has 0 aliphatic carbocycles. The van der Waals surface area contributed by atoms with Gasteiger partial charge < -0.3 is 5.32 Å². The van der Waals surface area contributed by atoms with Crippen LogP contribution in [0.2, 0.25) is 0 Å². The minimum Gasteiger partial charge on any atom is -0.325 e. The number of anilines is 1. The number of Topliss-reactive ketones (excluding diaryl/α,β-unsaturated/α-hetero) is 1. The maximum absolute atomic E-state index is 12.4. The molecule has 0 unspecified atom stereocenters. The van der Waals surface area contributed by atoms with Crippen molar-refractivity contribution in [3.8, 4) is 0 Å². The molecular weight excluding hydrogens is 370 g/mol. The van der Waals surface area contributed by atoms with E-state index in [1.165, 1.54) is 16.6 Å². The molecule has 0 radical (unpaired) electrons. The number of benzene rings is 2. The third kappa shape index (κ3) is 4.29. The molecule has 1 fully saturated rings. The first-order valence-electron chi connectivity index (χ1n) is 9.57. The zero-order valence-electron chi connectivity index (χ0n) is 15.9. The van der Waals surface area contributed by atoms with E-state index in [9.17, 15) is 9.59 Å². The van der Waals surface area contributed by atoms with E-state index in [1.54, 1.807) is 29.5 Å². The molecule has 1 aliphatic rings. The van der Waals surface area contributed by atoms with E-state index < -0.39 is 0 Å². The van der Waals surface area contributed by atoms with E-state index in [-0.39, 0.29) is 11.7 Å². The van der Waals surface area contributed by atoms with E-state index >= 15 is 0 Å². The maximum Gasteiger partial charge on any atom is 0.238 e. The van der Waals surface area contributed by atoms with Crippen LogP contribution in [-0.2, 0) is 4.79 Å². The van der Waals surface area contributed by atoms with E-state index in [0.717, 1.165) is 31.4 Å². The van der Waals surface area contributed by atoms with Gasteiger partial charge in [-0.2, -0.15) is 0 Å². The summed E-state index contributed by atoms with van der Waals surface area (Å²) in [7, 11) is 0. The second-order valence-electron chi connectivity index (χ2n) is 7.26. The summed E-state index contributed by atoms with van der Waals surface area (Å²) < 4.78 is 1.24. The third-order valence-corrected chi connectivity index (χ3v) is 6.37. The molecule has 2 aromatic carbocycles. The molecule has 0 bridgehead atoms. The van der Waals surface area contributed by atoms with Crippen molar-refractivity contribution in [2.75, 3.05) is 25.0 Å². The lowest BCUT2D eigenvalue weighted by molar-refractivity contribution is -0.117. The van der Waals surface area contributed by atoms with Crippen molar-refractivity contribution in [3.63, 3.8) is 0 Å². The fraction of sp³-hybridized carbons (Fsp3) is 0.318. The Morgan fingerprint density at radius 2 is 1.93 bits per heavy atom. The Kier molecular flexibility index (Phi) is 5.50. The highest BCUT2D eigenvalue weighted by molar-refractivity contribution is 7.18. The number of rotatable bonds is 5. The molecule has 0 saturated carbocycles. The first kappa shape index (κ1) is 18.8. The number of nitrogens with one attached hydrogen (secondary N) is 1. The molecule has 144 valence electrons. The highest BCUT2D eigenvalue weighted by Crippen LogP contribution is 2.33. The first-order valence-corrected chi connectivity index (χ1v) is 10.4. The predicted octanol–water partition coefficient (Wildman–Crippen LogP) is 4.32. The summed E-state index contributed by atoms with van der Waals surface area (Å²) >= 11 is 1.79. The van der Waals surface area contributed by atoms with Gasteiger partial charge in [-0.25, -0.2) is 4.98 Å². The van der Waals surface area contributed by atoms with Crippen LogP contribution in [0, 0.1) is 0 Å². The van der Waals surface area contributed by atoms with Crippen molar-refractivity contribution in [3.05, 3.63) is 59.1 Å². The number of likely N-dealkylation sites (tertiary alicyclic amines) is 1. The van der Waals surface area contributed by atoms with E-state index in [1.807, 2.05) is 12.1 Å². The molecular formula is C22H23N3O2S. The number of aromatic nitrogens is 1. The van der Waals surface area contributed by atoms with Crippen LogP contribution >= 0.6 is 11.3 Å². The van der Waals surface area contributed by atoms with E-state index in [4.69, 9.17) is 4.98 Å². The van der Waals surface area contributed by atoms with Gasteiger partial charge in [0.15, 0.2) is 5.78 Å². The van der Waals surface area contributed by atoms with Gasteiger partial charge in [-0.3, -0.25) is 14.5 Å². The van der Waals surface area contributed by atoms with Crippen LogP contribution < -0.4 is 5.32 Å². The fourth-order valence-electron chi connectivity index (χ4n) is 3.62. The lowest BCUT2D eigenvalue weighted by Gasteiger charge is -2.30. The van der Waals surface area contributed by atoms with E-state index in [0.29, 0.717) is 23.7 Å². The summed E-state index contributed by atoms with van der Waals surface area (Å²) in [6.07, 6.45) is 2.04. The van der Waals surface area contributed by atoms with Gasteiger partial charge in [0.05, 0.1) is 21.8 Å². The largest absolute Gasteiger partial charge is 0.325 e. The van der Waals surface area contributed by atoms with Gasteiger partial charge in [0.1, 0.15) is 0 Å². The molecule has 1 N–H and O–H groups in total. The summed E-state index contributed by atoms with van der Waals surface area (Å²) in [6, 6.07) is 15.3. The zero-order valence-corrected chi connectivity index (χ0v) is 16.7. The highest BCUT2D eigenvalue weighted by Gasteiger charge is 2.24. The molecule has 4 rings (SSSR count). The summed E-state index contributed by atoms with van der Waals surface area (Å²) in [4.78, 5) is 30.8. The van der Waals surface area contributed by atoms with Gasteiger partial charge in [-0.05, 0) is 57.1 Å². The van der Waals surface area contributed by atoms with Gasteiger partial charge in [0.2, 0.25) is 5.91 Å². The second-order valence-corrected chi connectivity index (χ2v) is 8.32. The van der Waals surface area contributed by atoms with Crippen molar-refractivity contribution in [1.29, 1.82) is 0 Å². The number of carbonyl (C=O) groups excluding carboxylic acids is 2. The molecule has 0 atom stereocenters. The quantitative estimate of drug-likeness (QED) is 0.656. The Balaban J connectivity index is 1.31.